The van der Waals surface area contributed by atoms with Gasteiger partial charge in [-0.05, 0) is 18.6 Å². The van der Waals surface area contributed by atoms with E-state index in [1.165, 1.54) is 4.90 Å². The Bertz CT molecular complexity index is 752. The Labute approximate surface area is 133 Å². The molecule has 1 aliphatic rings. The van der Waals surface area contributed by atoms with Crippen molar-refractivity contribution < 1.29 is 9.53 Å². The van der Waals surface area contributed by atoms with Gasteiger partial charge in [-0.1, -0.05) is 12.1 Å². The van der Waals surface area contributed by atoms with Crippen LogP contribution in [0, 0.1) is 5.92 Å². The summed E-state index contributed by atoms with van der Waals surface area (Å²) in [5.74, 6) is 0.849. The molecule has 1 saturated heterocycles. The van der Waals surface area contributed by atoms with E-state index in [0.29, 0.717) is 35.8 Å². The molecule has 2 amide bonds. The number of amides is 2. The van der Waals surface area contributed by atoms with Gasteiger partial charge in [0.2, 0.25) is 0 Å². The second-order valence-electron chi connectivity index (χ2n) is 5.80. The number of hydrogen-bond acceptors (Lipinski definition) is 4. The quantitative estimate of drug-likeness (QED) is 0.884. The van der Waals surface area contributed by atoms with Crippen molar-refractivity contribution in [2.24, 2.45) is 5.92 Å². The van der Waals surface area contributed by atoms with Crippen molar-refractivity contribution in [1.29, 1.82) is 0 Å². The molecule has 1 aromatic heterocycles. The van der Waals surface area contributed by atoms with Crippen LogP contribution in [0.3, 0.4) is 0 Å². The predicted octanol–water partition coefficient (Wildman–Crippen LogP) is 1.10. The lowest BCUT2D eigenvalue weighted by atomic mass is 10.1. The van der Waals surface area contributed by atoms with Crippen molar-refractivity contribution in [2.75, 3.05) is 26.8 Å². The lowest BCUT2D eigenvalue weighted by Gasteiger charge is -2.18. The zero-order chi connectivity index (χ0) is 16.2. The Balaban J connectivity index is 1.63. The van der Waals surface area contributed by atoms with Gasteiger partial charge in [-0.25, -0.2) is 9.78 Å². The molecule has 7 nitrogen and oxygen atoms in total. The zero-order valence-corrected chi connectivity index (χ0v) is 13.0. The van der Waals surface area contributed by atoms with Gasteiger partial charge in [0.1, 0.15) is 5.82 Å². The van der Waals surface area contributed by atoms with Gasteiger partial charge in [0, 0.05) is 26.1 Å². The first-order valence-corrected chi connectivity index (χ1v) is 7.68. The number of benzene rings is 1. The summed E-state index contributed by atoms with van der Waals surface area (Å²) in [5, 5.41) is 3.43. The number of carbonyl (C=O) groups is 1. The molecule has 1 aromatic carbocycles. The number of H-pyrrole nitrogens is 1. The minimum absolute atomic E-state index is 0.187. The molecular weight excluding hydrogens is 296 g/mol. The highest BCUT2D eigenvalue weighted by Gasteiger charge is 2.18. The Morgan fingerprint density at radius 1 is 1.48 bits per heavy atom. The van der Waals surface area contributed by atoms with Crippen molar-refractivity contribution in [3.05, 3.63) is 40.4 Å². The molecule has 0 bridgehead atoms. The van der Waals surface area contributed by atoms with Gasteiger partial charge >= 0.3 is 6.03 Å². The highest BCUT2D eigenvalue weighted by Crippen LogP contribution is 2.11. The molecular formula is C16H20N4O3. The van der Waals surface area contributed by atoms with Gasteiger partial charge in [0.05, 0.1) is 24.1 Å². The number of urea groups is 1. The largest absolute Gasteiger partial charge is 0.381 e. The molecule has 0 radical (unpaired) electrons. The van der Waals surface area contributed by atoms with Gasteiger partial charge < -0.3 is 19.9 Å². The average molecular weight is 316 g/mol. The molecule has 2 N–H and O–H groups in total. The summed E-state index contributed by atoms with van der Waals surface area (Å²) in [6.07, 6.45) is 0.976. The minimum atomic E-state index is -0.192. The summed E-state index contributed by atoms with van der Waals surface area (Å²) < 4.78 is 5.28. The predicted molar refractivity (Wildman–Crippen MR) is 86.2 cm³/mol. The number of fused-ring (bicyclic) bond motifs is 1. The zero-order valence-electron chi connectivity index (χ0n) is 13.0. The van der Waals surface area contributed by atoms with Gasteiger partial charge in [-0.15, -0.1) is 0 Å². The van der Waals surface area contributed by atoms with Gasteiger partial charge in [0.15, 0.2) is 0 Å². The van der Waals surface area contributed by atoms with E-state index in [1.54, 1.807) is 25.2 Å². The standard InChI is InChI=1S/C16H20N4O3/c1-20(16(22)17-8-11-6-7-23-10-11)9-14-18-13-5-3-2-4-12(13)15(21)19-14/h2-5,11H,6-10H2,1H3,(H,17,22)(H,18,19,21). The number of hydrogen-bond donors (Lipinski definition) is 2. The summed E-state index contributed by atoms with van der Waals surface area (Å²) in [7, 11) is 1.68. The van der Waals surface area contributed by atoms with E-state index in [0.717, 1.165) is 13.0 Å². The van der Waals surface area contributed by atoms with Crippen molar-refractivity contribution in [2.45, 2.75) is 13.0 Å². The second kappa shape index (κ2) is 6.78. The number of ether oxygens (including phenoxy) is 1. The first-order chi connectivity index (χ1) is 11.1. The Morgan fingerprint density at radius 3 is 3.09 bits per heavy atom. The maximum atomic E-state index is 12.1. The summed E-state index contributed by atoms with van der Waals surface area (Å²) in [5.41, 5.74) is 0.436. The number of carbonyl (C=O) groups excluding carboxylic acids is 1. The monoisotopic (exact) mass is 316 g/mol. The van der Waals surface area contributed by atoms with Crippen molar-refractivity contribution >= 4 is 16.9 Å². The van der Waals surface area contributed by atoms with Crippen molar-refractivity contribution in [3.63, 3.8) is 0 Å². The number of para-hydroxylation sites is 1. The van der Waals surface area contributed by atoms with Crippen molar-refractivity contribution in [3.8, 4) is 0 Å². The van der Waals surface area contributed by atoms with Crippen LogP contribution in [0.1, 0.15) is 12.2 Å². The summed E-state index contributed by atoms with van der Waals surface area (Å²) in [6, 6.07) is 6.95. The molecule has 7 heteroatoms. The Hall–Kier alpha value is -2.41. The van der Waals surface area contributed by atoms with E-state index < -0.39 is 0 Å². The average Bonchev–Trinajstić information content (AvgIpc) is 3.06. The van der Waals surface area contributed by atoms with E-state index in [1.807, 2.05) is 6.07 Å². The number of aromatic nitrogens is 2. The number of nitrogens with zero attached hydrogens (tertiary/aromatic N) is 2. The van der Waals surface area contributed by atoms with E-state index >= 15 is 0 Å². The topological polar surface area (TPSA) is 87.3 Å². The maximum Gasteiger partial charge on any atom is 0.317 e. The molecule has 2 aromatic rings. The molecule has 0 saturated carbocycles. The molecule has 1 fully saturated rings. The van der Waals surface area contributed by atoms with E-state index in [9.17, 15) is 9.59 Å². The SMILES string of the molecule is CN(Cc1nc2ccccc2c(=O)[nH]1)C(=O)NCC1CCOC1. The van der Waals surface area contributed by atoms with Crippen LogP contribution < -0.4 is 10.9 Å². The molecule has 122 valence electrons. The summed E-state index contributed by atoms with van der Waals surface area (Å²) in [6.45, 7) is 2.31. The smallest absolute Gasteiger partial charge is 0.317 e. The van der Waals surface area contributed by atoms with Gasteiger partial charge in [0.25, 0.3) is 5.56 Å². The summed E-state index contributed by atoms with van der Waals surface area (Å²) in [4.78, 5) is 32.8. The molecule has 0 spiro atoms. The highest BCUT2D eigenvalue weighted by atomic mass is 16.5. The number of rotatable bonds is 4. The fourth-order valence-corrected chi connectivity index (χ4v) is 2.62. The van der Waals surface area contributed by atoms with E-state index in [2.05, 4.69) is 15.3 Å². The third-order valence-corrected chi connectivity index (χ3v) is 3.96. The first kappa shape index (κ1) is 15.5. The maximum absolute atomic E-state index is 12.1. The van der Waals surface area contributed by atoms with Gasteiger partial charge in [-0.3, -0.25) is 4.79 Å². The Kier molecular flexibility index (Phi) is 4.57. The van der Waals surface area contributed by atoms with Crippen LogP contribution in [0.2, 0.25) is 0 Å². The molecule has 1 unspecified atom stereocenters. The Morgan fingerprint density at radius 2 is 2.30 bits per heavy atom. The number of aromatic amines is 1. The van der Waals surface area contributed by atoms with Crippen LogP contribution in [-0.4, -0.2) is 47.7 Å². The lowest BCUT2D eigenvalue weighted by molar-refractivity contribution is 0.182. The molecule has 2 heterocycles. The normalized spacial score (nSPS) is 17.3. The van der Waals surface area contributed by atoms with Gasteiger partial charge in [-0.2, -0.15) is 0 Å². The summed E-state index contributed by atoms with van der Waals surface area (Å²) >= 11 is 0. The van der Waals surface area contributed by atoms with Crippen molar-refractivity contribution in [1.82, 2.24) is 20.2 Å². The molecule has 1 aliphatic heterocycles. The van der Waals surface area contributed by atoms with Crippen LogP contribution >= 0.6 is 0 Å². The molecule has 1 atom stereocenters. The van der Waals surface area contributed by atoms with Crippen LogP contribution in [0.5, 0.6) is 0 Å². The van der Waals surface area contributed by atoms with E-state index in [4.69, 9.17) is 4.74 Å². The minimum Gasteiger partial charge on any atom is -0.381 e. The van der Waals surface area contributed by atoms with Crippen LogP contribution in [0.4, 0.5) is 4.79 Å². The second-order valence-corrected chi connectivity index (χ2v) is 5.80. The molecule has 0 aliphatic carbocycles. The van der Waals surface area contributed by atoms with E-state index in [-0.39, 0.29) is 18.1 Å². The third-order valence-electron chi connectivity index (χ3n) is 3.96. The fourth-order valence-electron chi connectivity index (χ4n) is 2.62. The molecule has 3 rings (SSSR count). The van der Waals surface area contributed by atoms with Crippen LogP contribution in [0.25, 0.3) is 10.9 Å². The molecule has 23 heavy (non-hydrogen) atoms. The third kappa shape index (κ3) is 3.68. The first-order valence-electron chi connectivity index (χ1n) is 7.68. The van der Waals surface area contributed by atoms with Crippen LogP contribution in [0.15, 0.2) is 29.1 Å². The number of nitrogens with one attached hydrogen (secondary N) is 2. The fraction of sp³-hybridized carbons (Fsp3) is 0.438. The van der Waals surface area contributed by atoms with Crippen LogP contribution in [-0.2, 0) is 11.3 Å². The lowest BCUT2D eigenvalue weighted by Crippen LogP contribution is -2.39. The highest BCUT2D eigenvalue weighted by molar-refractivity contribution is 5.77.